The summed E-state index contributed by atoms with van der Waals surface area (Å²) in [5.74, 6) is 0. The molecule has 3 heteroatoms. The molecule has 1 unspecified atom stereocenters. The van der Waals surface area contributed by atoms with E-state index < -0.39 is 7.95 Å². The maximum absolute atomic E-state index is 13.0. The van der Waals surface area contributed by atoms with E-state index in [4.69, 9.17) is 0 Å². The monoisotopic (exact) mass is 290 g/mol. The van der Waals surface area contributed by atoms with Crippen LogP contribution in [0.5, 0.6) is 0 Å². The molecule has 1 aromatic heterocycles. The summed E-state index contributed by atoms with van der Waals surface area (Å²) in [6.45, 7) is 0. The van der Waals surface area contributed by atoms with Gasteiger partial charge in [0, 0.05) is 10.8 Å². The predicted octanol–water partition coefficient (Wildman–Crippen LogP) is 4.71. The quantitative estimate of drug-likeness (QED) is 0.490. The van der Waals surface area contributed by atoms with Crippen LogP contribution in [-0.2, 0) is 4.57 Å². The summed E-state index contributed by atoms with van der Waals surface area (Å²) in [5, 5.41) is 3.14. The highest BCUT2D eigenvalue weighted by atomic mass is 31.1. The Morgan fingerprint density at radius 3 is 1.67 bits per heavy atom. The molecule has 0 aliphatic rings. The molecule has 0 fully saturated rings. The first kappa shape index (κ1) is 12.3. The number of fused-ring (bicyclic) bond motifs is 3. The minimum Gasteiger partial charge on any atom is -0.265 e. The Labute approximate surface area is 123 Å². The third kappa shape index (κ3) is 1.88. The van der Waals surface area contributed by atoms with E-state index >= 15 is 0 Å². The van der Waals surface area contributed by atoms with E-state index in [9.17, 15) is 4.57 Å². The van der Waals surface area contributed by atoms with Crippen LogP contribution in [0, 0.1) is 0 Å². The molecule has 101 valence electrons. The van der Waals surface area contributed by atoms with Crippen molar-refractivity contribution in [2.75, 3.05) is 0 Å². The maximum Gasteiger partial charge on any atom is 0.213 e. The fourth-order valence-electron chi connectivity index (χ4n) is 2.77. The van der Waals surface area contributed by atoms with E-state index in [2.05, 4.69) is 12.1 Å². The lowest BCUT2D eigenvalue weighted by Crippen LogP contribution is -2.00. The van der Waals surface area contributed by atoms with Gasteiger partial charge in [0.15, 0.2) is 0 Å². The highest BCUT2D eigenvalue weighted by Crippen LogP contribution is 2.37. The summed E-state index contributed by atoms with van der Waals surface area (Å²) >= 11 is 0. The molecule has 0 aliphatic heterocycles. The van der Waals surface area contributed by atoms with Crippen molar-refractivity contribution >= 4 is 35.1 Å². The van der Waals surface area contributed by atoms with Crippen LogP contribution in [-0.4, -0.2) is 4.34 Å². The number of hydrogen-bond donors (Lipinski definition) is 0. The zero-order chi connectivity index (χ0) is 14.2. The molecule has 4 aromatic rings. The van der Waals surface area contributed by atoms with Crippen molar-refractivity contribution in [3.8, 4) is 0 Å². The summed E-state index contributed by atoms with van der Waals surface area (Å²) in [6, 6.07) is 25.9. The van der Waals surface area contributed by atoms with Gasteiger partial charge in [0.1, 0.15) is 0 Å². The van der Waals surface area contributed by atoms with Gasteiger partial charge >= 0.3 is 0 Å². The Morgan fingerprint density at radius 2 is 1.10 bits per heavy atom. The van der Waals surface area contributed by atoms with Crippen molar-refractivity contribution in [1.82, 2.24) is 4.34 Å². The highest BCUT2D eigenvalue weighted by Gasteiger charge is 2.15. The van der Waals surface area contributed by atoms with Gasteiger partial charge in [-0.25, -0.2) is 0 Å². The second kappa shape index (κ2) is 4.83. The van der Waals surface area contributed by atoms with Crippen LogP contribution in [0.15, 0.2) is 78.9 Å². The smallest absolute Gasteiger partial charge is 0.213 e. The van der Waals surface area contributed by atoms with E-state index in [1.807, 2.05) is 71.1 Å². The molecule has 0 N–H and O–H groups in total. The second-order valence-electron chi connectivity index (χ2n) is 4.95. The van der Waals surface area contributed by atoms with E-state index in [1.165, 1.54) is 0 Å². The number of hydrogen-bond acceptors (Lipinski definition) is 1. The lowest BCUT2D eigenvalue weighted by Gasteiger charge is -2.06. The van der Waals surface area contributed by atoms with Crippen LogP contribution < -0.4 is 5.30 Å². The van der Waals surface area contributed by atoms with Gasteiger partial charge in [-0.15, -0.1) is 0 Å². The molecular weight excluding hydrogens is 277 g/mol. The minimum atomic E-state index is -1.67. The lowest BCUT2D eigenvalue weighted by molar-refractivity contribution is 0.590. The normalized spacial score (nSPS) is 11.9. The van der Waals surface area contributed by atoms with Crippen LogP contribution in [0.3, 0.4) is 0 Å². The van der Waals surface area contributed by atoms with Gasteiger partial charge in [0.2, 0.25) is 7.95 Å². The molecule has 0 saturated carbocycles. The van der Waals surface area contributed by atoms with Crippen molar-refractivity contribution in [2.45, 2.75) is 0 Å². The molecule has 3 aromatic carbocycles. The van der Waals surface area contributed by atoms with E-state index in [1.54, 1.807) is 0 Å². The summed E-state index contributed by atoms with van der Waals surface area (Å²) in [7, 11) is -1.67. The average molecular weight is 290 g/mol. The van der Waals surface area contributed by atoms with Crippen molar-refractivity contribution in [1.29, 1.82) is 0 Å². The second-order valence-corrected chi connectivity index (χ2v) is 6.42. The molecule has 4 rings (SSSR count). The van der Waals surface area contributed by atoms with Gasteiger partial charge in [-0.3, -0.25) is 8.90 Å². The largest absolute Gasteiger partial charge is 0.265 e. The Morgan fingerprint density at radius 1 is 0.619 bits per heavy atom. The Bertz CT molecular complexity index is 903. The standard InChI is InChI=1S/C18H13NOP/c20-21(14-8-2-1-3-9-14)19-17-12-6-4-10-15(17)16-11-5-7-13-18(16)19/h1-13H. The van der Waals surface area contributed by atoms with Gasteiger partial charge < -0.3 is 0 Å². The number of para-hydroxylation sites is 2. The van der Waals surface area contributed by atoms with E-state index in [-0.39, 0.29) is 0 Å². The number of nitrogens with zero attached hydrogens (tertiary/aromatic N) is 1. The van der Waals surface area contributed by atoms with Crippen LogP contribution >= 0.6 is 7.95 Å². The first-order valence-corrected chi connectivity index (χ1v) is 8.08. The molecule has 2 nitrogen and oxygen atoms in total. The van der Waals surface area contributed by atoms with Gasteiger partial charge in [0.05, 0.1) is 16.3 Å². The van der Waals surface area contributed by atoms with Crippen LogP contribution in [0.25, 0.3) is 21.8 Å². The molecule has 1 atom stereocenters. The van der Waals surface area contributed by atoms with Gasteiger partial charge in [-0.1, -0.05) is 54.6 Å². The number of benzene rings is 3. The Balaban J connectivity index is 2.09. The van der Waals surface area contributed by atoms with Crippen LogP contribution in [0.1, 0.15) is 0 Å². The number of rotatable bonds is 2. The van der Waals surface area contributed by atoms with Crippen molar-refractivity contribution in [3.05, 3.63) is 78.9 Å². The summed E-state index contributed by atoms with van der Waals surface area (Å²) in [5.41, 5.74) is 2.03. The van der Waals surface area contributed by atoms with Gasteiger partial charge in [-0.05, 0) is 24.3 Å². The van der Waals surface area contributed by atoms with Gasteiger partial charge in [0.25, 0.3) is 0 Å². The Hall–Kier alpha value is -2.44. The maximum atomic E-state index is 13.0. The summed E-state index contributed by atoms with van der Waals surface area (Å²) < 4.78 is 15.0. The molecule has 0 spiro atoms. The summed E-state index contributed by atoms with van der Waals surface area (Å²) in [6.07, 6.45) is 0. The molecule has 1 radical (unpaired) electrons. The minimum absolute atomic E-state index is 0.846. The third-order valence-electron chi connectivity index (χ3n) is 3.71. The molecule has 0 bridgehead atoms. The lowest BCUT2D eigenvalue weighted by atomic mass is 10.2. The fourth-order valence-corrected chi connectivity index (χ4v) is 4.17. The average Bonchev–Trinajstić information content (AvgIpc) is 2.90. The number of aromatic nitrogens is 1. The van der Waals surface area contributed by atoms with Crippen molar-refractivity contribution in [2.24, 2.45) is 0 Å². The predicted molar refractivity (Wildman–Crippen MR) is 88.5 cm³/mol. The first-order valence-electron chi connectivity index (χ1n) is 6.87. The highest BCUT2D eigenvalue weighted by molar-refractivity contribution is 7.52. The van der Waals surface area contributed by atoms with E-state index in [0.717, 1.165) is 27.1 Å². The first-order chi connectivity index (χ1) is 10.4. The molecule has 21 heavy (non-hydrogen) atoms. The SMILES string of the molecule is O=[P](c1ccccc1)n1c2ccccc2c2ccccc21. The zero-order valence-corrected chi connectivity index (χ0v) is 12.2. The van der Waals surface area contributed by atoms with Crippen LogP contribution in [0.4, 0.5) is 0 Å². The Kier molecular flexibility index (Phi) is 2.83. The molecule has 0 saturated heterocycles. The van der Waals surface area contributed by atoms with Crippen molar-refractivity contribution in [3.63, 3.8) is 0 Å². The van der Waals surface area contributed by atoms with E-state index in [0.29, 0.717) is 0 Å². The fraction of sp³-hybridized carbons (Fsp3) is 0. The van der Waals surface area contributed by atoms with Gasteiger partial charge in [-0.2, -0.15) is 0 Å². The molecule has 0 amide bonds. The van der Waals surface area contributed by atoms with Crippen molar-refractivity contribution < 1.29 is 4.57 Å². The molecule has 0 aliphatic carbocycles. The zero-order valence-electron chi connectivity index (χ0n) is 11.3. The topological polar surface area (TPSA) is 22.0 Å². The molecular formula is C18H13NOP. The third-order valence-corrected chi connectivity index (χ3v) is 5.25. The molecule has 1 heterocycles. The summed E-state index contributed by atoms with van der Waals surface area (Å²) in [4.78, 5) is 0. The van der Waals surface area contributed by atoms with Crippen LogP contribution in [0.2, 0.25) is 0 Å².